The van der Waals surface area contributed by atoms with Gasteiger partial charge in [-0.3, -0.25) is 4.79 Å². The molecule has 0 saturated carbocycles. The monoisotopic (exact) mass is 266 g/mol. The number of hydrogen-bond donors (Lipinski definition) is 0. The lowest BCUT2D eigenvalue weighted by Gasteiger charge is -2.00. The van der Waals surface area contributed by atoms with Gasteiger partial charge in [-0.05, 0) is 24.3 Å². The molecule has 0 radical (unpaired) electrons. The van der Waals surface area contributed by atoms with Gasteiger partial charge in [0.1, 0.15) is 5.82 Å². The minimum atomic E-state index is -0.439. The SMILES string of the molecule is O=C(c1cccc(F)c1)n1ccc(-c2ccccc2)n1. The van der Waals surface area contributed by atoms with E-state index in [0.29, 0.717) is 5.69 Å². The van der Waals surface area contributed by atoms with Crippen LogP contribution < -0.4 is 0 Å². The molecular formula is C16H11FN2O. The highest BCUT2D eigenvalue weighted by atomic mass is 19.1. The van der Waals surface area contributed by atoms with E-state index in [9.17, 15) is 9.18 Å². The third-order valence-electron chi connectivity index (χ3n) is 2.94. The quantitative estimate of drug-likeness (QED) is 0.712. The predicted octanol–water partition coefficient (Wildman–Crippen LogP) is 3.38. The summed E-state index contributed by atoms with van der Waals surface area (Å²) in [4.78, 5) is 12.2. The number of rotatable bonds is 2. The second-order valence-corrected chi connectivity index (χ2v) is 4.33. The Hall–Kier alpha value is -2.75. The number of benzene rings is 2. The summed E-state index contributed by atoms with van der Waals surface area (Å²) in [7, 11) is 0. The van der Waals surface area contributed by atoms with Gasteiger partial charge >= 0.3 is 0 Å². The summed E-state index contributed by atoms with van der Waals surface area (Å²) in [5, 5.41) is 4.23. The van der Waals surface area contributed by atoms with Crippen molar-refractivity contribution in [1.29, 1.82) is 0 Å². The van der Waals surface area contributed by atoms with E-state index in [1.54, 1.807) is 18.3 Å². The van der Waals surface area contributed by atoms with E-state index >= 15 is 0 Å². The molecule has 1 heterocycles. The standard InChI is InChI=1S/C16H11FN2O/c17-14-8-4-7-13(11-14)16(20)19-10-9-15(18-19)12-5-2-1-3-6-12/h1-11H. The number of aromatic nitrogens is 2. The van der Waals surface area contributed by atoms with Crippen LogP contribution in [0.3, 0.4) is 0 Å². The van der Waals surface area contributed by atoms with Crippen molar-refractivity contribution in [3.05, 3.63) is 78.2 Å². The zero-order valence-corrected chi connectivity index (χ0v) is 10.5. The molecule has 0 atom stereocenters. The van der Waals surface area contributed by atoms with Crippen LogP contribution in [0.25, 0.3) is 11.3 Å². The molecule has 0 amide bonds. The van der Waals surface area contributed by atoms with Crippen LogP contribution in [0, 0.1) is 5.82 Å². The molecule has 3 nitrogen and oxygen atoms in total. The van der Waals surface area contributed by atoms with Gasteiger partial charge in [-0.25, -0.2) is 9.07 Å². The molecule has 4 heteroatoms. The van der Waals surface area contributed by atoms with Crippen LogP contribution in [0.5, 0.6) is 0 Å². The van der Waals surface area contributed by atoms with Crippen LogP contribution in [0.2, 0.25) is 0 Å². The Morgan fingerprint density at radius 2 is 1.80 bits per heavy atom. The molecule has 0 spiro atoms. The highest BCUT2D eigenvalue weighted by Crippen LogP contribution is 2.16. The average Bonchev–Trinajstić information content (AvgIpc) is 2.97. The molecule has 0 fully saturated rings. The maximum absolute atomic E-state index is 13.1. The van der Waals surface area contributed by atoms with Crippen LogP contribution in [0.15, 0.2) is 66.9 Å². The maximum atomic E-state index is 13.1. The average molecular weight is 266 g/mol. The summed E-state index contributed by atoms with van der Waals surface area (Å²) in [6, 6.07) is 16.9. The Morgan fingerprint density at radius 1 is 1.00 bits per heavy atom. The fourth-order valence-corrected chi connectivity index (χ4v) is 1.95. The van der Waals surface area contributed by atoms with Crippen LogP contribution in [0.4, 0.5) is 4.39 Å². The van der Waals surface area contributed by atoms with E-state index in [2.05, 4.69) is 5.10 Å². The first-order chi connectivity index (χ1) is 9.74. The van der Waals surface area contributed by atoms with Gasteiger partial charge in [0.15, 0.2) is 0 Å². The minimum absolute atomic E-state index is 0.271. The lowest BCUT2D eigenvalue weighted by Crippen LogP contribution is -2.12. The first kappa shape index (κ1) is 12.3. The van der Waals surface area contributed by atoms with Crippen LogP contribution >= 0.6 is 0 Å². The fraction of sp³-hybridized carbons (Fsp3) is 0. The number of nitrogens with zero attached hydrogens (tertiary/aromatic N) is 2. The second-order valence-electron chi connectivity index (χ2n) is 4.33. The molecule has 0 aliphatic heterocycles. The molecule has 0 aliphatic carbocycles. The van der Waals surface area contributed by atoms with Crippen LogP contribution in [0.1, 0.15) is 10.4 Å². The summed E-state index contributed by atoms with van der Waals surface area (Å²) in [6.07, 6.45) is 1.58. The van der Waals surface area contributed by atoms with Crippen molar-refractivity contribution in [3.63, 3.8) is 0 Å². The molecule has 98 valence electrons. The normalized spacial score (nSPS) is 10.4. The molecule has 1 aromatic heterocycles. The molecule has 0 saturated heterocycles. The van der Waals surface area contributed by atoms with Gasteiger partial charge in [0.05, 0.1) is 5.69 Å². The van der Waals surface area contributed by atoms with Crippen molar-refractivity contribution in [2.75, 3.05) is 0 Å². The van der Waals surface area contributed by atoms with Crippen molar-refractivity contribution in [2.45, 2.75) is 0 Å². The zero-order chi connectivity index (χ0) is 13.9. The van der Waals surface area contributed by atoms with Crippen molar-refractivity contribution in [2.24, 2.45) is 0 Å². The van der Waals surface area contributed by atoms with Crippen molar-refractivity contribution in [1.82, 2.24) is 9.78 Å². The first-order valence-corrected chi connectivity index (χ1v) is 6.15. The number of hydrogen-bond acceptors (Lipinski definition) is 2. The van der Waals surface area contributed by atoms with Gasteiger partial charge in [-0.1, -0.05) is 36.4 Å². The molecule has 0 bridgehead atoms. The Kier molecular flexibility index (Phi) is 3.13. The minimum Gasteiger partial charge on any atom is -0.267 e. The number of halogens is 1. The molecule has 0 aliphatic rings. The summed E-state index contributed by atoms with van der Waals surface area (Å²) >= 11 is 0. The van der Waals surface area contributed by atoms with Gasteiger partial charge in [0, 0.05) is 17.3 Å². The van der Waals surface area contributed by atoms with E-state index in [1.807, 2.05) is 30.3 Å². The fourth-order valence-electron chi connectivity index (χ4n) is 1.95. The Bertz CT molecular complexity index is 750. The van der Waals surface area contributed by atoms with Gasteiger partial charge in [0.25, 0.3) is 5.91 Å². The van der Waals surface area contributed by atoms with E-state index in [1.165, 1.54) is 22.9 Å². The van der Waals surface area contributed by atoms with Gasteiger partial charge in [-0.15, -0.1) is 0 Å². The predicted molar refractivity (Wildman–Crippen MR) is 73.8 cm³/mol. The maximum Gasteiger partial charge on any atom is 0.278 e. The van der Waals surface area contributed by atoms with Gasteiger partial charge < -0.3 is 0 Å². The topological polar surface area (TPSA) is 34.9 Å². The molecule has 2 aromatic carbocycles. The summed E-state index contributed by atoms with van der Waals surface area (Å²) < 4.78 is 14.4. The van der Waals surface area contributed by atoms with Gasteiger partial charge in [0.2, 0.25) is 0 Å². The molecule has 0 unspecified atom stereocenters. The number of carbonyl (C=O) groups is 1. The second kappa shape index (κ2) is 5.09. The van der Waals surface area contributed by atoms with Crippen LogP contribution in [-0.4, -0.2) is 15.7 Å². The molecular weight excluding hydrogens is 255 g/mol. The smallest absolute Gasteiger partial charge is 0.267 e. The summed E-state index contributed by atoms with van der Waals surface area (Å²) in [6.45, 7) is 0. The molecule has 0 N–H and O–H groups in total. The van der Waals surface area contributed by atoms with E-state index in [4.69, 9.17) is 0 Å². The van der Waals surface area contributed by atoms with Crippen molar-refractivity contribution < 1.29 is 9.18 Å². The van der Waals surface area contributed by atoms with Crippen LogP contribution in [-0.2, 0) is 0 Å². The van der Waals surface area contributed by atoms with E-state index < -0.39 is 5.82 Å². The number of carbonyl (C=O) groups excluding carboxylic acids is 1. The molecule has 3 aromatic rings. The Balaban J connectivity index is 1.93. The summed E-state index contributed by atoms with van der Waals surface area (Å²) in [5.74, 6) is -0.794. The Labute approximate surface area is 115 Å². The molecule has 20 heavy (non-hydrogen) atoms. The van der Waals surface area contributed by atoms with E-state index in [-0.39, 0.29) is 11.5 Å². The lowest BCUT2D eigenvalue weighted by atomic mass is 10.2. The van der Waals surface area contributed by atoms with E-state index in [0.717, 1.165) is 5.56 Å². The lowest BCUT2D eigenvalue weighted by molar-refractivity contribution is 0.0945. The largest absolute Gasteiger partial charge is 0.278 e. The molecule has 3 rings (SSSR count). The third-order valence-corrected chi connectivity index (χ3v) is 2.94. The zero-order valence-electron chi connectivity index (χ0n) is 10.5. The summed E-state index contributed by atoms with van der Waals surface area (Å²) in [5.41, 5.74) is 1.90. The highest BCUT2D eigenvalue weighted by molar-refractivity contribution is 5.95. The highest BCUT2D eigenvalue weighted by Gasteiger charge is 2.11. The first-order valence-electron chi connectivity index (χ1n) is 6.15. The van der Waals surface area contributed by atoms with Crippen molar-refractivity contribution >= 4 is 5.91 Å². The third kappa shape index (κ3) is 2.36. The van der Waals surface area contributed by atoms with Gasteiger partial charge in [-0.2, -0.15) is 5.10 Å². The van der Waals surface area contributed by atoms with Crippen molar-refractivity contribution in [3.8, 4) is 11.3 Å². The Morgan fingerprint density at radius 3 is 2.55 bits per heavy atom.